The van der Waals surface area contributed by atoms with Gasteiger partial charge >= 0.3 is 5.97 Å². The van der Waals surface area contributed by atoms with Gasteiger partial charge in [0.15, 0.2) is 29.9 Å². The SMILES string of the molecule is CC(C)C[C@H](C)C(=O)N[C@H]1C(=O)N[C@@H](CC(N)=O)C(=O)N[C@H]2C(=O)NC3C(=O)N[C@H](C(=O)N[C@@H](C(=O)O)c4cc(O)cc(O)c4-c4cc3ccc4O)[C@H](O)c3ccc(c(Cl)c3)Oc3cc2cc(c3OC2OC(CSc3nnnn3C)C(O)C(O)C2OC2CC(C)(N)C(O)C(C)O2)Oc2ccc(cc2Cl)[C@H]1O. The number of aryl methyl sites for hydroxylation is 1. The van der Waals surface area contributed by atoms with Crippen LogP contribution >= 0.6 is 35.0 Å². The maximum absolute atomic E-state index is 16.1. The molecule has 0 aliphatic carbocycles. The molecule has 0 spiro atoms. The van der Waals surface area contributed by atoms with Crippen LogP contribution in [0.25, 0.3) is 11.1 Å². The van der Waals surface area contributed by atoms with Crippen LogP contribution in [0, 0.1) is 11.8 Å². The van der Waals surface area contributed by atoms with Crippen molar-refractivity contribution in [2.24, 2.45) is 30.4 Å². The summed E-state index contributed by atoms with van der Waals surface area (Å²) in [5.74, 6) is -16.6. The smallest absolute Gasteiger partial charge is 0.330 e. The third kappa shape index (κ3) is 16.5. The number of nitrogens with two attached hydrogens (primary N) is 2. The molecule has 566 valence electrons. The second-order valence-electron chi connectivity index (χ2n) is 27.0. The number of phenolic OH excluding ortho intramolecular Hbond substituents is 3. The van der Waals surface area contributed by atoms with Crippen molar-refractivity contribution >= 4 is 82.3 Å². The molecule has 0 saturated carbocycles. The van der Waals surface area contributed by atoms with Gasteiger partial charge < -0.3 is 118 Å². The number of tetrazole rings is 1. The predicted octanol–water partition coefficient (Wildman–Crippen LogP) is 1.48. The topological polar surface area (TPSA) is 542 Å². The molecule has 7 amide bonds. The molecule has 7 aliphatic heterocycles. The number of carboxylic acids is 1. The van der Waals surface area contributed by atoms with Crippen LogP contribution in [0.2, 0.25) is 10.0 Å². The molecule has 19 N–H and O–H groups in total. The third-order valence-corrected chi connectivity index (χ3v) is 20.1. The van der Waals surface area contributed by atoms with E-state index in [1.54, 1.807) is 6.92 Å². The van der Waals surface area contributed by atoms with E-state index in [9.17, 15) is 69.9 Å². The summed E-state index contributed by atoms with van der Waals surface area (Å²) >= 11 is 15.2. The van der Waals surface area contributed by atoms with E-state index >= 15 is 14.4 Å². The first-order chi connectivity index (χ1) is 50.0. The summed E-state index contributed by atoms with van der Waals surface area (Å²) in [7, 11) is 1.54. The molecule has 18 atom stereocenters. The fourth-order valence-corrected chi connectivity index (χ4v) is 14.4. The molecule has 6 aromatic rings. The number of amides is 7. The predicted molar refractivity (Wildman–Crippen MR) is 368 cm³/mol. The Balaban J connectivity index is 1.16. The standard InChI is InChI=1S/C68H76Cl2N12O23S/c1-24(2)13-25(3)59(92)77-50-52(87)28-8-11-39(34(69)15-28)101-41-17-30-18-42(56(41)105-66-57(104-45-22-68(5,72)58(91)26(4)100-45)55(90)54(89)43(103-66)23-106-67-79-80-81-82(67)6)102-40-12-9-29(16-35(40)70)53(88)51-64(97)76-49(65(98)99)33-19-31(83)20-38(85)46(33)32-14-27(7-10-37(32)84)47(61(94)78-51)75-62(95)48(30)74-60(93)36(21-44(71)86)73-63(50)96/h7-12,14-20,24-26,36,43,45,47-55,57-58,66,83-85,87-91H,13,21-23,72H2,1-6H3,(H2,71,86)(H,73,96)(H,74,93)(H,75,95)(H,76,97)(H,77,92)(H,78,94)(H,98,99)/t25-,26?,36-,43?,45?,47?,48+,49+,50+,51-,52+,53+,54?,55?,57?,58?,66?,68?/m0/s1. The molecule has 13 rings (SSSR count). The largest absolute Gasteiger partial charge is 0.508 e. The van der Waals surface area contributed by atoms with E-state index < -0.39 is 225 Å². The Bertz CT molecular complexity index is 4440. The van der Waals surface area contributed by atoms with Gasteiger partial charge in [0.1, 0.15) is 83.4 Å². The van der Waals surface area contributed by atoms with Crippen LogP contribution < -0.4 is 57.6 Å². The fraction of sp³-hybridized carbons (Fsp3) is 0.426. The van der Waals surface area contributed by atoms with E-state index in [-0.39, 0.29) is 56.5 Å². The van der Waals surface area contributed by atoms with E-state index in [1.165, 1.54) is 37.7 Å². The van der Waals surface area contributed by atoms with Gasteiger partial charge in [0.05, 0.1) is 34.8 Å². The zero-order valence-corrected chi connectivity index (χ0v) is 59.4. The quantitative estimate of drug-likeness (QED) is 0.0687. The van der Waals surface area contributed by atoms with E-state index in [0.717, 1.165) is 78.5 Å². The number of ether oxygens (including phenoxy) is 6. The molecular formula is C68H76Cl2N12O23S. The lowest BCUT2D eigenvalue weighted by Crippen LogP contribution is -2.64. The summed E-state index contributed by atoms with van der Waals surface area (Å²) in [6.07, 6.45) is -17.9. The first kappa shape index (κ1) is 77.4. The Morgan fingerprint density at radius 3 is 1.97 bits per heavy atom. The van der Waals surface area contributed by atoms with Gasteiger partial charge in [0, 0.05) is 53.4 Å². The zero-order chi connectivity index (χ0) is 76.8. The summed E-state index contributed by atoms with van der Waals surface area (Å²) in [5, 5.41) is 130. The van der Waals surface area contributed by atoms with Crippen LogP contribution in [-0.2, 0) is 59.6 Å². The number of hydrogen-bond acceptors (Lipinski definition) is 27. The van der Waals surface area contributed by atoms with Crippen LogP contribution in [0.5, 0.6) is 46.0 Å². The minimum absolute atomic E-state index is 0.0423. The second-order valence-corrected chi connectivity index (χ2v) is 28.8. The van der Waals surface area contributed by atoms with Crippen LogP contribution in [0.1, 0.15) is 112 Å². The molecule has 38 heteroatoms. The van der Waals surface area contributed by atoms with Crippen molar-refractivity contribution < 1.29 is 113 Å². The van der Waals surface area contributed by atoms with Crippen molar-refractivity contribution in [2.45, 2.75) is 162 Å². The van der Waals surface area contributed by atoms with Crippen molar-refractivity contribution in [1.82, 2.24) is 52.1 Å². The fourth-order valence-electron chi connectivity index (χ4n) is 13.0. The summed E-state index contributed by atoms with van der Waals surface area (Å²) in [4.78, 5) is 117. The van der Waals surface area contributed by atoms with Crippen LogP contribution in [0.3, 0.4) is 0 Å². The number of thioether (sulfide) groups is 1. The Morgan fingerprint density at radius 2 is 1.37 bits per heavy atom. The molecule has 10 unspecified atom stereocenters. The number of aliphatic carboxylic acids is 1. The number of carbonyl (C=O) groups excluding carboxylic acids is 7. The van der Waals surface area contributed by atoms with Gasteiger partial charge in [-0.3, -0.25) is 33.6 Å². The van der Waals surface area contributed by atoms with Crippen LogP contribution in [0.15, 0.2) is 84.0 Å². The lowest BCUT2D eigenvalue weighted by molar-refractivity contribution is -0.329. The number of benzene rings is 5. The third-order valence-electron chi connectivity index (χ3n) is 18.5. The maximum Gasteiger partial charge on any atom is 0.330 e. The highest BCUT2D eigenvalue weighted by Crippen LogP contribution is 2.50. The van der Waals surface area contributed by atoms with Crippen LogP contribution in [-0.4, -0.2) is 192 Å². The number of hydrogen-bond donors (Lipinski definition) is 17. The lowest BCUT2D eigenvalue weighted by atomic mass is 9.86. The zero-order valence-electron chi connectivity index (χ0n) is 57.1. The molecule has 11 bridgehead atoms. The van der Waals surface area contributed by atoms with Gasteiger partial charge in [-0.05, 0) is 113 Å². The molecule has 35 nitrogen and oxygen atoms in total. The van der Waals surface area contributed by atoms with Gasteiger partial charge in [-0.1, -0.05) is 73.9 Å². The molecule has 7 aliphatic rings. The first-order valence-electron chi connectivity index (χ1n) is 33.1. The van der Waals surface area contributed by atoms with E-state index in [0.29, 0.717) is 6.42 Å². The number of halogens is 2. The van der Waals surface area contributed by atoms with Crippen molar-refractivity contribution in [3.63, 3.8) is 0 Å². The summed E-state index contributed by atoms with van der Waals surface area (Å²) < 4.78 is 40.7. The highest BCUT2D eigenvalue weighted by atomic mass is 35.5. The number of primary amides is 1. The maximum atomic E-state index is 16.1. The summed E-state index contributed by atoms with van der Waals surface area (Å²) in [6, 6.07) is 0.611. The average Bonchev–Trinajstić information content (AvgIpc) is 0.936. The molecule has 5 aromatic carbocycles. The normalized spacial score (nSPS) is 28.6. The molecule has 1 aromatic heterocycles. The van der Waals surface area contributed by atoms with Gasteiger partial charge in [0.25, 0.3) is 0 Å². The number of carboxylic acid groups (broad SMARTS) is 1. The summed E-state index contributed by atoms with van der Waals surface area (Å²) in [5.41, 5.74) is 8.19. The number of rotatable bonds is 14. The van der Waals surface area contributed by atoms with E-state index in [2.05, 4.69) is 47.4 Å². The highest BCUT2D eigenvalue weighted by Gasteiger charge is 2.52. The van der Waals surface area contributed by atoms with Gasteiger partial charge in [0.2, 0.25) is 58.5 Å². The second kappa shape index (κ2) is 31.4. The Hall–Kier alpha value is -9.70. The minimum Gasteiger partial charge on any atom is -0.508 e. The van der Waals surface area contributed by atoms with Gasteiger partial charge in [-0.25, -0.2) is 9.48 Å². The van der Waals surface area contributed by atoms with Crippen molar-refractivity contribution in [3.8, 4) is 57.1 Å². The first-order valence-corrected chi connectivity index (χ1v) is 34.8. The Labute approximate surface area is 616 Å². The van der Waals surface area contributed by atoms with E-state index in [4.69, 9.17) is 63.1 Å². The number of nitrogens with zero attached hydrogens (tertiary/aromatic N) is 4. The Morgan fingerprint density at radius 1 is 0.745 bits per heavy atom. The van der Waals surface area contributed by atoms with E-state index in [1.807, 2.05) is 13.8 Å². The molecular weight excluding hydrogens is 1460 g/mol. The highest BCUT2D eigenvalue weighted by molar-refractivity contribution is 7.99. The molecule has 2 saturated heterocycles. The number of aromatic hydroxyl groups is 3. The number of aliphatic hydroxyl groups is 5. The Kier molecular flexibility index (Phi) is 22.9. The number of carbonyl (C=O) groups is 8. The number of phenols is 3. The lowest BCUT2D eigenvalue weighted by Gasteiger charge is -2.47. The number of nitrogens with one attached hydrogen (secondary N) is 6. The molecule has 8 heterocycles. The van der Waals surface area contributed by atoms with Crippen molar-refractivity contribution in [3.05, 3.63) is 117 Å². The monoisotopic (exact) mass is 1530 g/mol. The minimum atomic E-state index is -2.34. The average molecular weight is 1530 g/mol. The van der Waals surface area contributed by atoms with Crippen molar-refractivity contribution in [2.75, 3.05) is 5.75 Å². The van der Waals surface area contributed by atoms with Crippen LogP contribution in [0.4, 0.5) is 0 Å². The summed E-state index contributed by atoms with van der Waals surface area (Å²) in [6.45, 7) is 8.29. The molecule has 2 fully saturated rings. The number of aliphatic hydroxyl groups excluding tert-OH is 5. The number of aromatic nitrogens is 4. The van der Waals surface area contributed by atoms with Gasteiger partial charge in [-0.15, -0.1) is 5.10 Å². The van der Waals surface area contributed by atoms with Gasteiger partial charge in [-0.2, -0.15) is 0 Å². The molecule has 0 radical (unpaired) electrons. The number of fused-ring (bicyclic) bond motifs is 15. The van der Waals surface area contributed by atoms with Crippen molar-refractivity contribution in [1.29, 1.82) is 0 Å². The molecule has 106 heavy (non-hydrogen) atoms.